The molecule has 0 radical (unpaired) electrons. The van der Waals surface area contributed by atoms with Crippen LogP contribution in [0.25, 0.3) is 0 Å². The molecule has 0 aliphatic rings. The van der Waals surface area contributed by atoms with Crippen LogP contribution in [0.4, 0.5) is 4.79 Å². The van der Waals surface area contributed by atoms with Gasteiger partial charge in [0.15, 0.2) is 0 Å². The van der Waals surface area contributed by atoms with E-state index in [0.29, 0.717) is 19.8 Å². The second-order valence-corrected chi connectivity index (χ2v) is 2.69. The van der Waals surface area contributed by atoms with Crippen LogP contribution in [0, 0.1) is 0 Å². The Kier molecular flexibility index (Phi) is 7.59. The topological polar surface area (TPSA) is 64.6 Å². The predicted molar refractivity (Wildman–Crippen MR) is 50.9 cm³/mol. The molecule has 0 saturated heterocycles. The van der Waals surface area contributed by atoms with Crippen LogP contribution in [0.5, 0.6) is 0 Å². The molecule has 0 unspecified atom stereocenters. The molecule has 0 atom stereocenters. The molecule has 1 N–H and O–H groups in total. The number of unbranched alkanes of at least 4 members (excludes halogenated alkanes) is 1. The minimum Gasteiger partial charge on any atom is -0.466 e. The number of esters is 1. The van der Waals surface area contributed by atoms with Gasteiger partial charge in [0.05, 0.1) is 13.2 Å². The van der Waals surface area contributed by atoms with Crippen molar-refractivity contribution < 1.29 is 19.1 Å². The number of rotatable bonds is 6. The van der Waals surface area contributed by atoms with Crippen LogP contribution < -0.4 is 5.32 Å². The van der Waals surface area contributed by atoms with E-state index >= 15 is 0 Å². The highest BCUT2D eigenvalue weighted by molar-refractivity contribution is 5.67. The maximum absolute atomic E-state index is 10.8. The summed E-state index contributed by atoms with van der Waals surface area (Å²) in [5.74, 6) is -0.275. The lowest BCUT2D eigenvalue weighted by atomic mass is 10.3. The van der Waals surface area contributed by atoms with Crippen LogP contribution in [0.2, 0.25) is 0 Å². The van der Waals surface area contributed by atoms with E-state index in [4.69, 9.17) is 4.74 Å². The number of ether oxygens (including phenoxy) is 2. The van der Waals surface area contributed by atoms with Gasteiger partial charge in [-0.15, -0.1) is 0 Å². The van der Waals surface area contributed by atoms with Crippen molar-refractivity contribution >= 4 is 12.1 Å². The SMILES string of the molecule is CCOC(=O)NCCCCOC(C)=O. The summed E-state index contributed by atoms with van der Waals surface area (Å²) in [5.41, 5.74) is 0. The average Bonchev–Trinajstić information content (AvgIpc) is 2.11. The molecule has 82 valence electrons. The van der Waals surface area contributed by atoms with Gasteiger partial charge in [0.2, 0.25) is 0 Å². The molecule has 0 bridgehead atoms. The number of hydrogen-bond donors (Lipinski definition) is 1. The Morgan fingerprint density at radius 3 is 2.50 bits per heavy atom. The Hall–Kier alpha value is -1.26. The lowest BCUT2D eigenvalue weighted by molar-refractivity contribution is -0.141. The predicted octanol–water partition coefficient (Wildman–Crippen LogP) is 1.08. The molecule has 1 amide bonds. The fourth-order valence-corrected chi connectivity index (χ4v) is 0.816. The molecule has 0 aromatic carbocycles. The van der Waals surface area contributed by atoms with Gasteiger partial charge in [0, 0.05) is 13.5 Å². The van der Waals surface area contributed by atoms with E-state index in [1.807, 2.05) is 0 Å². The van der Waals surface area contributed by atoms with E-state index in [0.717, 1.165) is 12.8 Å². The van der Waals surface area contributed by atoms with Crippen molar-refractivity contribution in [3.63, 3.8) is 0 Å². The zero-order valence-electron chi connectivity index (χ0n) is 8.67. The minimum atomic E-state index is -0.403. The van der Waals surface area contributed by atoms with Crippen molar-refractivity contribution in [2.75, 3.05) is 19.8 Å². The summed E-state index contributed by atoms with van der Waals surface area (Å²) in [4.78, 5) is 21.1. The third-order valence-electron chi connectivity index (χ3n) is 1.42. The number of alkyl carbamates (subject to hydrolysis) is 1. The first-order chi connectivity index (χ1) is 6.66. The average molecular weight is 203 g/mol. The fourth-order valence-electron chi connectivity index (χ4n) is 0.816. The third-order valence-corrected chi connectivity index (χ3v) is 1.42. The van der Waals surface area contributed by atoms with E-state index in [-0.39, 0.29) is 5.97 Å². The molecule has 0 aromatic rings. The van der Waals surface area contributed by atoms with Crippen molar-refractivity contribution in [2.24, 2.45) is 0 Å². The molecule has 5 nitrogen and oxygen atoms in total. The van der Waals surface area contributed by atoms with Crippen LogP contribution >= 0.6 is 0 Å². The van der Waals surface area contributed by atoms with Crippen molar-refractivity contribution in [2.45, 2.75) is 26.7 Å². The molecule has 0 aliphatic heterocycles. The van der Waals surface area contributed by atoms with Crippen LogP contribution in [0.15, 0.2) is 0 Å². The number of carbonyl (C=O) groups excluding carboxylic acids is 2. The molecule has 5 heteroatoms. The first kappa shape index (κ1) is 12.7. The molecule has 14 heavy (non-hydrogen) atoms. The Morgan fingerprint density at radius 2 is 1.93 bits per heavy atom. The highest BCUT2D eigenvalue weighted by Gasteiger charge is 1.98. The largest absolute Gasteiger partial charge is 0.466 e. The Morgan fingerprint density at radius 1 is 1.21 bits per heavy atom. The van der Waals surface area contributed by atoms with Crippen LogP contribution in [0.1, 0.15) is 26.7 Å². The van der Waals surface area contributed by atoms with E-state index in [1.165, 1.54) is 6.92 Å². The molecule has 0 spiro atoms. The molecule has 0 saturated carbocycles. The van der Waals surface area contributed by atoms with Gasteiger partial charge in [0.1, 0.15) is 0 Å². The van der Waals surface area contributed by atoms with Crippen LogP contribution in [-0.4, -0.2) is 31.8 Å². The molecular weight excluding hydrogens is 186 g/mol. The van der Waals surface area contributed by atoms with Crippen molar-refractivity contribution in [3.8, 4) is 0 Å². The van der Waals surface area contributed by atoms with Crippen molar-refractivity contribution in [1.29, 1.82) is 0 Å². The van der Waals surface area contributed by atoms with Crippen LogP contribution in [-0.2, 0) is 14.3 Å². The van der Waals surface area contributed by atoms with E-state index in [1.54, 1.807) is 6.92 Å². The first-order valence-electron chi connectivity index (χ1n) is 4.70. The van der Waals surface area contributed by atoms with Gasteiger partial charge >= 0.3 is 12.1 Å². The van der Waals surface area contributed by atoms with Crippen molar-refractivity contribution in [1.82, 2.24) is 5.32 Å². The molecule has 0 heterocycles. The number of hydrogen-bond acceptors (Lipinski definition) is 4. The summed E-state index contributed by atoms with van der Waals surface area (Å²) in [5, 5.41) is 2.57. The summed E-state index contributed by atoms with van der Waals surface area (Å²) in [6.07, 6.45) is 1.11. The van der Waals surface area contributed by atoms with E-state index in [2.05, 4.69) is 10.1 Å². The molecular formula is C9H17NO4. The van der Waals surface area contributed by atoms with E-state index < -0.39 is 6.09 Å². The smallest absolute Gasteiger partial charge is 0.407 e. The summed E-state index contributed by atoms with van der Waals surface area (Å²) < 4.78 is 9.36. The summed E-state index contributed by atoms with van der Waals surface area (Å²) in [6, 6.07) is 0. The lowest BCUT2D eigenvalue weighted by Gasteiger charge is -2.04. The standard InChI is InChI=1S/C9H17NO4/c1-3-13-9(12)10-6-4-5-7-14-8(2)11/h3-7H2,1-2H3,(H,10,12). The van der Waals surface area contributed by atoms with Gasteiger partial charge < -0.3 is 14.8 Å². The molecule has 0 fully saturated rings. The molecule has 0 rings (SSSR count). The lowest BCUT2D eigenvalue weighted by Crippen LogP contribution is -2.25. The normalized spacial score (nSPS) is 9.29. The maximum Gasteiger partial charge on any atom is 0.407 e. The molecule has 0 aliphatic carbocycles. The van der Waals surface area contributed by atoms with Gasteiger partial charge in [0.25, 0.3) is 0 Å². The van der Waals surface area contributed by atoms with Crippen molar-refractivity contribution in [3.05, 3.63) is 0 Å². The van der Waals surface area contributed by atoms with Crippen LogP contribution in [0.3, 0.4) is 0 Å². The molecule has 0 aromatic heterocycles. The van der Waals surface area contributed by atoms with Gasteiger partial charge in [-0.25, -0.2) is 4.79 Å². The zero-order valence-corrected chi connectivity index (χ0v) is 8.67. The third kappa shape index (κ3) is 8.83. The second-order valence-electron chi connectivity index (χ2n) is 2.69. The highest BCUT2D eigenvalue weighted by atomic mass is 16.5. The Bertz CT molecular complexity index is 182. The monoisotopic (exact) mass is 203 g/mol. The maximum atomic E-state index is 10.8. The first-order valence-corrected chi connectivity index (χ1v) is 4.70. The quantitative estimate of drug-likeness (QED) is 0.518. The number of carbonyl (C=O) groups is 2. The van der Waals surface area contributed by atoms with Gasteiger partial charge in [-0.2, -0.15) is 0 Å². The van der Waals surface area contributed by atoms with Gasteiger partial charge in [-0.1, -0.05) is 0 Å². The Balaban J connectivity index is 3.13. The number of nitrogens with one attached hydrogen (secondary N) is 1. The number of amides is 1. The van der Waals surface area contributed by atoms with Gasteiger partial charge in [-0.05, 0) is 19.8 Å². The van der Waals surface area contributed by atoms with E-state index in [9.17, 15) is 9.59 Å². The zero-order chi connectivity index (χ0) is 10.8. The summed E-state index contributed by atoms with van der Waals surface area (Å²) in [7, 11) is 0. The summed E-state index contributed by atoms with van der Waals surface area (Å²) >= 11 is 0. The fraction of sp³-hybridized carbons (Fsp3) is 0.778. The Labute approximate surface area is 83.8 Å². The highest BCUT2D eigenvalue weighted by Crippen LogP contribution is 1.89. The summed E-state index contributed by atoms with van der Waals surface area (Å²) in [6.45, 7) is 4.44. The second kappa shape index (κ2) is 8.34. The minimum absolute atomic E-state index is 0.275. The van der Waals surface area contributed by atoms with Gasteiger partial charge in [-0.3, -0.25) is 4.79 Å².